The minimum atomic E-state index is 0.0244. The number of nitrogens with one attached hydrogen (secondary N) is 1. The maximum Gasteiger partial charge on any atom is 0.221 e. The van der Waals surface area contributed by atoms with E-state index in [1.165, 1.54) is 0 Å². The van der Waals surface area contributed by atoms with E-state index in [4.69, 9.17) is 23.2 Å². The average Bonchev–Trinajstić information content (AvgIpc) is 2.72. The normalized spacial score (nSPS) is 11.2. The van der Waals surface area contributed by atoms with Crippen molar-refractivity contribution in [3.63, 3.8) is 0 Å². The fourth-order valence-electron chi connectivity index (χ4n) is 2.11. The molecule has 4 nitrogen and oxygen atoms in total. The highest BCUT2D eigenvalue weighted by Crippen LogP contribution is 2.21. The van der Waals surface area contributed by atoms with Crippen LogP contribution in [0, 0.1) is 0 Å². The van der Waals surface area contributed by atoms with Crippen molar-refractivity contribution in [2.75, 3.05) is 0 Å². The van der Waals surface area contributed by atoms with Gasteiger partial charge in [0.25, 0.3) is 0 Å². The van der Waals surface area contributed by atoms with Gasteiger partial charge in [-0.05, 0) is 32.0 Å². The summed E-state index contributed by atoms with van der Waals surface area (Å²) in [6.07, 6.45) is 0.399. The summed E-state index contributed by atoms with van der Waals surface area (Å²) in [5.41, 5.74) is 1.75. The summed E-state index contributed by atoms with van der Waals surface area (Å²) < 4.78 is 1.97. The van der Waals surface area contributed by atoms with Crippen molar-refractivity contribution in [3.05, 3.63) is 29.0 Å². The largest absolute Gasteiger partial charge is 0.354 e. The highest BCUT2D eigenvalue weighted by Gasteiger charge is 2.12. The molecule has 0 radical (unpaired) electrons. The second-order valence-electron chi connectivity index (χ2n) is 4.92. The maximum absolute atomic E-state index is 11.7. The van der Waals surface area contributed by atoms with Crippen LogP contribution in [-0.2, 0) is 17.2 Å². The number of amides is 1. The molecule has 1 N–H and O–H groups in total. The van der Waals surface area contributed by atoms with Crippen molar-refractivity contribution in [2.45, 2.75) is 38.7 Å². The summed E-state index contributed by atoms with van der Waals surface area (Å²) in [6, 6.07) is 5.67. The van der Waals surface area contributed by atoms with E-state index in [-0.39, 0.29) is 11.9 Å². The highest BCUT2D eigenvalue weighted by atomic mass is 35.5. The lowest BCUT2D eigenvalue weighted by molar-refractivity contribution is -0.121. The van der Waals surface area contributed by atoms with E-state index in [0.717, 1.165) is 16.9 Å². The Morgan fingerprint density at radius 1 is 1.45 bits per heavy atom. The molecule has 0 aliphatic carbocycles. The summed E-state index contributed by atoms with van der Waals surface area (Å²) >= 11 is 11.9. The van der Waals surface area contributed by atoms with E-state index in [2.05, 4.69) is 10.3 Å². The zero-order valence-corrected chi connectivity index (χ0v) is 13.0. The van der Waals surface area contributed by atoms with E-state index in [9.17, 15) is 4.79 Å². The first-order valence-corrected chi connectivity index (χ1v) is 7.42. The molecule has 2 rings (SSSR count). The number of aryl methyl sites for hydroxylation is 1. The number of benzene rings is 1. The van der Waals surface area contributed by atoms with E-state index in [1.807, 2.05) is 30.5 Å². The molecule has 20 heavy (non-hydrogen) atoms. The fraction of sp³-hybridized carbons (Fsp3) is 0.429. The minimum absolute atomic E-state index is 0.0244. The Balaban J connectivity index is 2.22. The van der Waals surface area contributed by atoms with Crippen molar-refractivity contribution < 1.29 is 4.79 Å². The lowest BCUT2D eigenvalue weighted by Gasteiger charge is -2.10. The monoisotopic (exact) mass is 313 g/mol. The van der Waals surface area contributed by atoms with Crippen molar-refractivity contribution in [3.8, 4) is 0 Å². The van der Waals surface area contributed by atoms with Gasteiger partial charge in [-0.2, -0.15) is 0 Å². The second kappa shape index (κ2) is 6.46. The molecule has 1 heterocycles. The number of fused-ring (bicyclic) bond motifs is 1. The first kappa shape index (κ1) is 15.1. The van der Waals surface area contributed by atoms with Crippen LogP contribution in [0.4, 0.5) is 0 Å². The highest BCUT2D eigenvalue weighted by molar-refractivity contribution is 6.31. The molecule has 0 bridgehead atoms. The predicted octanol–water partition coefficient (Wildman–Crippen LogP) is 3.34. The van der Waals surface area contributed by atoms with Gasteiger partial charge in [-0.1, -0.05) is 11.6 Å². The van der Waals surface area contributed by atoms with E-state index in [0.29, 0.717) is 23.9 Å². The summed E-state index contributed by atoms with van der Waals surface area (Å²) in [5.74, 6) is 1.08. The zero-order valence-electron chi connectivity index (χ0n) is 11.5. The molecular formula is C14H17Cl2N3O. The first-order chi connectivity index (χ1) is 9.51. The van der Waals surface area contributed by atoms with Gasteiger partial charge in [0.05, 0.1) is 16.9 Å². The molecule has 108 valence electrons. The number of halogens is 2. The quantitative estimate of drug-likeness (QED) is 0.860. The van der Waals surface area contributed by atoms with Gasteiger partial charge in [0.15, 0.2) is 0 Å². The van der Waals surface area contributed by atoms with Crippen LogP contribution in [0.1, 0.15) is 26.1 Å². The Morgan fingerprint density at radius 2 is 2.20 bits per heavy atom. The first-order valence-electron chi connectivity index (χ1n) is 6.51. The van der Waals surface area contributed by atoms with Gasteiger partial charge < -0.3 is 9.88 Å². The molecule has 0 fully saturated rings. The van der Waals surface area contributed by atoms with Crippen molar-refractivity contribution in [2.24, 2.45) is 0 Å². The fourth-order valence-corrected chi connectivity index (χ4v) is 2.48. The third-order valence-electron chi connectivity index (χ3n) is 2.92. The third-order valence-corrected chi connectivity index (χ3v) is 3.40. The lowest BCUT2D eigenvalue weighted by Crippen LogP contribution is -2.30. The molecule has 0 spiro atoms. The van der Waals surface area contributed by atoms with E-state index < -0.39 is 0 Å². The van der Waals surface area contributed by atoms with Crippen molar-refractivity contribution in [1.82, 2.24) is 14.9 Å². The Hall–Kier alpha value is -1.26. The molecule has 2 aromatic rings. The summed E-state index contributed by atoms with van der Waals surface area (Å²) in [5, 5.41) is 3.51. The molecule has 0 aliphatic rings. The third kappa shape index (κ3) is 3.44. The predicted molar refractivity (Wildman–Crippen MR) is 82.2 cm³/mol. The lowest BCUT2D eigenvalue weighted by atomic mass is 10.3. The number of hydrogen-bond acceptors (Lipinski definition) is 2. The number of imidazole rings is 1. The Bertz CT molecular complexity index is 622. The van der Waals surface area contributed by atoms with Crippen LogP contribution < -0.4 is 5.32 Å². The molecule has 0 atom stereocenters. The second-order valence-corrected chi connectivity index (χ2v) is 5.62. The van der Waals surface area contributed by atoms with Crippen LogP contribution in [0.3, 0.4) is 0 Å². The van der Waals surface area contributed by atoms with Crippen LogP contribution >= 0.6 is 23.2 Å². The van der Waals surface area contributed by atoms with Gasteiger partial charge >= 0.3 is 0 Å². The van der Waals surface area contributed by atoms with Crippen molar-refractivity contribution >= 4 is 40.1 Å². The van der Waals surface area contributed by atoms with Gasteiger partial charge in [0.1, 0.15) is 5.82 Å². The number of hydrogen-bond donors (Lipinski definition) is 1. The molecular weight excluding hydrogens is 297 g/mol. The summed E-state index contributed by atoms with van der Waals surface area (Å²) in [4.78, 5) is 16.2. The standard InChI is InChI=1S/C14H17Cl2N3O/c1-9(2)17-14(20)5-6-19-12-4-3-10(16)7-11(12)18-13(19)8-15/h3-4,7,9H,5-6,8H2,1-2H3,(H,17,20). The van der Waals surface area contributed by atoms with Gasteiger partial charge in [0.2, 0.25) is 5.91 Å². The number of nitrogens with zero attached hydrogens (tertiary/aromatic N) is 2. The van der Waals surface area contributed by atoms with E-state index in [1.54, 1.807) is 6.07 Å². The number of carbonyl (C=O) groups excluding carboxylic acids is 1. The Morgan fingerprint density at radius 3 is 2.85 bits per heavy atom. The van der Waals surface area contributed by atoms with Gasteiger partial charge in [0, 0.05) is 24.0 Å². The summed E-state index contributed by atoms with van der Waals surface area (Å²) in [7, 11) is 0. The van der Waals surface area contributed by atoms with Gasteiger partial charge in [-0.15, -0.1) is 11.6 Å². The number of rotatable bonds is 5. The summed E-state index contributed by atoms with van der Waals surface area (Å²) in [6.45, 7) is 4.44. The molecule has 0 unspecified atom stereocenters. The molecule has 1 amide bonds. The van der Waals surface area contributed by atoms with Crippen LogP contribution in [0.15, 0.2) is 18.2 Å². The molecule has 0 saturated carbocycles. The van der Waals surface area contributed by atoms with Crippen LogP contribution in [0.2, 0.25) is 5.02 Å². The average molecular weight is 314 g/mol. The molecule has 0 aliphatic heterocycles. The molecule has 1 aromatic heterocycles. The van der Waals surface area contributed by atoms with E-state index >= 15 is 0 Å². The molecule has 6 heteroatoms. The SMILES string of the molecule is CC(C)NC(=O)CCn1c(CCl)nc2cc(Cl)ccc21. The van der Waals surface area contributed by atoms with Crippen LogP contribution in [-0.4, -0.2) is 21.5 Å². The zero-order chi connectivity index (χ0) is 14.7. The smallest absolute Gasteiger partial charge is 0.221 e. The Kier molecular flexibility index (Phi) is 4.89. The van der Waals surface area contributed by atoms with Crippen LogP contribution in [0.5, 0.6) is 0 Å². The molecule has 0 saturated heterocycles. The molecule has 1 aromatic carbocycles. The topological polar surface area (TPSA) is 46.9 Å². The Labute approximate surface area is 128 Å². The van der Waals surface area contributed by atoms with Crippen LogP contribution in [0.25, 0.3) is 11.0 Å². The number of aromatic nitrogens is 2. The van der Waals surface area contributed by atoms with Gasteiger partial charge in [-0.3, -0.25) is 4.79 Å². The number of carbonyl (C=O) groups is 1. The maximum atomic E-state index is 11.7. The van der Waals surface area contributed by atoms with Crippen molar-refractivity contribution in [1.29, 1.82) is 0 Å². The van der Waals surface area contributed by atoms with Gasteiger partial charge in [-0.25, -0.2) is 4.98 Å². The minimum Gasteiger partial charge on any atom is -0.354 e. The number of alkyl halides is 1.